The molecule has 1 aliphatic rings. The van der Waals surface area contributed by atoms with E-state index in [0.29, 0.717) is 0 Å². The van der Waals surface area contributed by atoms with Crippen molar-refractivity contribution >= 4 is 5.71 Å². The van der Waals surface area contributed by atoms with E-state index in [0.717, 1.165) is 30.5 Å². The highest BCUT2D eigenvalue weighted by Crippen LogP contribution is 2.19. The minimum Gasteiger partial charge on any atom is -0.411 e. The Morgan fingerprint density at radius 3 is 3.17 bits per heavy atom. The van der Waals surface area contributed by atoms with Crippen LogP contribution in [0.2, 0.25) is 0 Å². The van der Waals surface area contributed by atoms with E-state index >= 15 is 0 Å². The molecule has 0 unspecified atom stereocenters. The molecule has 0 saturated carbocycles. The number of pyridine rings is 1. The van der Waals surface area contributed by atoms with Crippen LogP contribution in [0.25, 0.3) is 0 Å². The SMILES string of the molecule is O/N=C1/CCCc2ccncc21. The lowest BCUT2D eigenvalue weighted by Crippen LogP contribution is -2.11. The van der Waals surface area contributed by atoms with Crippen molar-refractivity contribution in [2.24, 2.45) is 5.16 Å². The molecule has 0 aromatic carbocycles. The van der Waals surface area contributed by atoms with Gasteiger partial charge in [-0.3, -0.25) is 4.98 Å². The molecule has 0 bridgehead atoms. The topological polar surface area (TPSA) is 45.5 Å². The fourth-order valence-corrected chi connectivity index (χ4v) is 1.59. The average molecular weight is 162 g/mol. The molecule has 12 heavy (non-hydrogen) atoms. The minimum absolute atomic E-state index is 0.768. The number of aromatic nitrogens is 1. The molecule has 62 valence electrons. The first-order valence-corrected chi connectivity index (χ1v) is 4.06. The highest BCUT2D eigenvalue weighted by atomic mass is 16.4. The van der Waals surface area contributed by atoms with Gasteiger partial charge in [0, 0.05) is 18.0 Å². The average Bonchev–Trinajstić information content (AvgIpc) is 2.17. The van der Waals surface area contributed by atoms with E-state index in [1.807, 2.05) is 6.07 Å². The van der Waals surface area contributed by atoms with Gasteiger partial charge in [-0.05, 0) is 30.9 Å². The molecule has 3 nitrogen and oxygen atoms in total. The van der Waals surface area contributed by atoms with Gasteiger partial charge in [-0.25, -0.2) is 0 Å². The molecule has 0 atom stereocenters. The van der Waals surface area contributed by atoms with Crippen molar-refractivity contribution in [2.75, 3.05) is 0 Å². The summed E-state index contributed by atoms with van der Waals surface area (Å²) in [4.78, 5) is 4.00. The monoisotopic (exact) mass is 162 g/mol. The summed E-state index contributed by atoms with van der Waals surface area (Å²) in [6, 6.07) is 1.99. The predicted molar refractivity (Wildman–Crippen MR) is 45.5 cm³/mol. The van der Waals surface area contributed by atoms with Crippen LogP contribution in [0.5, 0.6) is 0 Å². The quantitative estimate of drug-likeness (QED) is 0.465. The zero-order valence-corrected chi connectivity index (χ0v) is 6.70. The van der Waals surface area contributed by atoms with Crippen molar-refractivity contribution in [1.82, 2.24) is 4.98 Å². The second-order valence-corrected chi connectivity index (χ2v) is 2.93. The molecule has 1 aliphatic carbocycles. The second-order valence-electron chi connectivity index (χ2n) is 2.93. The molecule has 0 fully saturated rings. The van der Waals surface area contributed by atoms with E-state index in [4.69, 9.17) is 5.21 Å². The second kappa shape index (κ2) is 2.93. The first-order chi connectivity index (χ1) is 5.92. The van der Waals surface area contributed by atoms with Crippen molar-refractivity contribution in [3.63, 3.8) is 0 Å². The van der Waals surface area contributed by atoms with Crippen molar-refractivity contribution in [2.45, 2.75) is 19.3 Å². The summed E-state index contributed by atoms with van der Waals surface area (Å²) in [6.07, 6.45) is 6.53. The van der Waals surface area contributed by atoms with Crippen LogP contribution in [0.1, 0.15) is 24.0 Å². The predicted octanol–water partition coefficient (Wildman–Crippen LogP) is 1.60. The summed E-state index contributed by atoms with van der Waals surface area (Å²) in [5, 5.41) is 12.0. The number of hydrogen-bond acceptors (Lipinski definition) is 3. The van der Waals surface area contributed by atoms with Crippen LogP contribution >= 0.6 is 0 Å². The maximum absolute atomic E-state index is 8.70. The molecule has 0 amide bonds. The first-order valence-electron chi connectivity index (χ1n) is 4.06. The van der Waals surface area contributed by atoms with E-state index in [1.54, 1.807) is 12.4 Å². The zero-order chi connectivity index (χ0) is 8.39. The Morgan fingerprint density at radius 2 is 2.33 bits per heavy atom. The molecule has 1 heterocycles. The van der Waals surface area contributed by atoms with Crippen LogP contribution in [0, 0.1) is 0 Å². The van der Waals surface area contributed by atoms with E-state index < -0.39 is 0 Å². The summed E-state index contributed by atoms with van der Waals surface area (Å²) >= 11 is 0. The summed E-state index contributed by atoms with van der Waals surface area (Å²) in [7, 11) is 0. The normalized spacial score (nSPS) is 19.2. The fourth-order valence-electron chi connectivity index (χ4n) is 1.59. The van der Waals surface area contributed by atoms with Gasteiger partial charge in [0.05, 0.1) is 5.71 Å². The molecule has 3 heteroatoms. The van der Waals surface area contributed by atoms with Crippen LogP contribution in [0.3, 0.4) is 0 Å². The lowest BCUT2D eigenvalue weighted by Gasteiger charge is -2.14. The van der Waals surface area contributed by atoms with Crippen molar-refractivity contribution in [3.05, 3.63) is 29.6 Å². The van der Waals surface area contributed by atoms with Gasteiger partial charge >= 0.3 is 0 Å². The van der Waals surface area contributed by atoms with Gasteiger partial charge in [0.15, 0.2) is 0 Å². The van der Waals surface area contributed by atoms with E-state index in [1.165, 1.54) is 5.56 Å². The van der Waals surface area contributed by atoms with Crippen molar-refractivity contribution in [3.8, 4) is 0 Å². The van der Waals surface area contributed by atoms with Gasteiger partial charge in [-0.1, -0.05) is 5.16 Å². The molecule has 0 saturated heterocycles. The highest BCUT2D eigenvalue weighted by Gasteiger charge is 2.14. The number of aryl methyl sites for hydroxylation is 1. The Kier molecular flexibility index (Phi) is 1.78. The Bertz CT molecular complexity index is 320. The lowest BCUT2D eigenvalue weighted by atomic mass is 9.92. The third-order valence-electron chi connectivity index (χ3n) is 2.20. The van der Waals surface area contributed by atoms with Gasteiger partial charge < -0.3 is 5.21 Å². The summed E-state index contributed by atoms with van der Waals surface area (Å²) in [5.41, 5.74) is 3.01. The molecule has 0 aliphatic heterocycles. The number of nitrogens with zero attached hydrogens (tertiary/aromatic N) is 2. The maximum atomic E-state index is 8.70. The van der Waals surface area contributed by atoms with Gasteiger partial charge in [0.1, 0.15) is 0 Å². The number of oxime groups is 1. The molecular formula is C9H10N2O. The number of fused-ring (bicyclic) bond motifs is 1. The standard InChI is InChI=1S/C9H10N2O/c12-11-9-3-1-2-7-4-5-10-6-8(7)9/h4-6,12H,1-3H2/b11-9-. The van der Waals surface area contributed by atoms with Crippen LogP contribution in [0.15, 0.2) is 23.6 Å². The Balaban J connectivity index is 2.51. The minimum atomic E-state index is 0.768. The van der Waals surface area contributed by atoms with Gasteiger partial charge in [-0.15, -0.1) is 0 Å². The van der Waals surface area contributed by atoms with Gasteiger partial charge in [0.2, 0.25) is 0 Å². The Morgan fingerprint density at radius 1 is 1.42 bits per heavy atom. The fraction of sp³-hybridized carbons (Fsp3) is 0.333. The van der Waals surface area contributed by atoms with E-state index in [-0.39, 0.29) is 0 Å². The van der Waals surface area contributed by atoms with Gasteiger partial charge in [-0.2, -0.15) is 0 Å². The molecule has 0 radical (unpaired) electrons. The molecule has 0 spiro atoms. The largest absolute Gasteiger partial charge is 0.411 e. The Hall–Kier alpha value is -1.38. The number of rotatable bonds is 0. The Labute approximate surface area is 70.7 Å². The van der Waals surface area contributed by atoms with E-state index in [9.17, 15) is 0 Å². The molecule has 1 N–H and O–H groups in total. The lowest BCUT2D eigenvalue weighted by molar-refractivity contribution is 0.317. The zero-order valence-electron chi connectivity index (χ0n) is 6.70. The molecule has 1 aromatic rings. The van der Waals surface area contributed by atoms with Crippen LogP contribution < -0.4 is 0 Å². The van der Waals surface area contributed by atoms with Crippen LogP contribution in [0.4, 0.5) is 0 Å². The molecule has 2 rings (SSSR count). The van der Waals surface area contributed by atoms with Crippen molar-refractivity contribution < 1.29 is 5.21 Å². The highest BCUT2D eigenvalue weighted by molar-refractivity contribution is 6.01. The summed E-state index contributed by atoms with van der Waals surface area (Å²) in [5.74, 6) is 0. The smallest absolute Gasteiger partial charge is 0.0886 e. The summed E-state index contributed by atoms with van der Waals surface area (Å²) in [6.45, 7) is 0. The molecular weight excluding hydrogens is 152 g/mol. The maximum Gasteiger partial charge on any atom is 0.0886 e. The third-order valence-corrected chi connectivity index (χ3v) is 2.20. The van der Waals surface area contributed by atoms with Gasteiger partial charge in [0.25, 0.3) is 0 Å². The van der Waals surface area contributed by atoms with Crippen LogP contribution in [-0.2, 0) is 6.42 Å². The number of hydrogen-bond donors (Lipinski definition) is 1. The summed E-state index contributed by atoms with van der Waals surface area (Å²) < 4.78 is 0. The van der Waals surface area contributed by atoms with Crippen LogP contribution in [-0.4, -0.2) is 15.9 Å². The third kappa shape index (κ3) is 1.07. The van der Waals surface area contributed by atoms with E-state index in [2.05, 4.69) is 10.1 Å². The van der Waals surface area contributed by atoms with Crippen molar-refractivity contribution in [1.29, 1.82) is 0 Å². The first kappa shape index (κ1) is 7.28. The molecule has 1 aromatic heterocycles.